The van der Waals surface area contributed by atoms with Crippen molar-refractivity contribution in [2.45, 2.75) is 25.6 Å². The van der Waals surface area contributed by atoms with Crippen molar-refractivity contribution in [1.82, 2.24) is 20.6 Å². The van der Waals surface area contributed by atoms with Gasteiger partial charge in [-0.2, -0.15) is 0 Å². The third-order valence-electron chi connectivity index (χ3n) is 6.31. The van der Waals surface area contributed by atoms with Gasteiger partial charge in [-0.3, -0.25) is 4.79 Å². The number of rotatable bonds is 10. The molecule has 0 aliphatic carbocycles. The van der Waals surface area contributed by atoms with Crippen molar-refractivity contribution < 1.29 is 9.53 Å². The molecule has 5 rings (SSSR count). The van der Waals surface area contributed by atoms with Crippen LogP contribution in [0.3, 0.4) is 0 Å². The molecule has 192 valence electrons. The third-order valence-corrected chi connectivity index (χ3v) is 7.32. The number of amides is 1. The zero-order chi connectivity index (χ0) is 25.5. The van der Waals surface area contributed by atoms with Crippen LogP contribution < -0.4 is 21.3 Å². The number of ether oxygens (including phenoxy) is 1. The van der Waals surface area contributed by atoms with Crippen LogP contribution in [0.15, 0.2) is 60.8 Å². The fourth-order valence-corrected chi connectivity index (χ4v) is 5.24. The van der Waals surface area contributed by atoms with Crippen LogP contribution in [-0.2, 0) is 11.3 Å². The predicted molar refractivity (Wildman–Crippen MR) is 150 cm³/mol. The molecule has 0 saturated carbocycles. The number of hydrogen-bond acceptors (Lipinski definition) is 8. The Morgan fingerprint density at radius 2 is 1.97 bits per heavy atom. The summed E-state index contributed by atoms with van der Waals surface area (Å²) in [4.78, 5) is 23.5. The fourth-order valence-electron chi connectivity index (χ4n) is 4.31. The lowest BCUT2D eigenvalue weighted by Gasteiger charge is -2.22. The largest absolute Gasteiger partial charge is 0.384 e. The maximum atomic E-state index is 13.1. The van der Waals surface area contributed by atoms with Crippen LogP contribution in [0, 0.1) is 0 Å². The first-order valence-corrected chi connectivity index (χ1v) is 13.5. The summed E-state index contributed by atoms with van der Waals surface area (Å²) in [6.45, 7) is 4.17. The molecule has 0 atom stereocenters. The quantitative estimate of drug-likeness (QED) is 0.230. The first-order valence-electron chi connectivity index (χ1n) is 12.7. The summed E-state index contributed by atoms with van der Waals surface area (Å²) in [5.74, 6) is -0.165. The number of para-hydroxylation sites is 1. The number of carbonyl (C=O) groups excluding carboxylic acids is 1. The van der Waals surface area contributed by atoms with E-state index in [0.29, 0.717) is 18.3 Å². The molecular formula is C28H32N6O2S. The Morgan fingerprint density at radius 1 is 1.11 bits per heavy atom. The summed E-state index contributed by atoms with van der Waals surface area (Å²) < 4.78 is 6.09. The van der Waals surface area contributed by atoms with Crippen LogP contribution in [0.5, 0.6) is 0 Å². The minimum Gasteiger partial charge on any atom is -0.384 e. The van der Waals surface area contributed by atoms with E-state index in [1.165, 1.54) is 11.3 Å². The van der Waals surface area contributed by atoms with Crippen molar-refractivity contribution in [3.8, 4) is 10.6 Å². The number of carbonyl (C=O) groups is 1. The van der Waals surface area contributed by atoms with E-state index in [4.69, 9.17) is 9.72 Å². The number of fused-ring (bicyclic) bond motifs is 1. The van der Waals surface area contributed by atoms with E-state index in [1.807, 2.05) is 61.8 Å². The van der Waals surface area contributed by atoms with Gasteiger partial charge >= 0.3 is 0 Å². The fraction of sp³-hybridized carbons (Fsp3) is 0.321. The van der Waals surface area contributed by atoms with Crippen LogP contribution in [0.1, 0.15) is 28.8 Å². The second-order valence-electron chi connectivity index (χ2n) is 9.06. The molecule has 4 N–H and O–H groups in total. The lowest BCUT2D eigenvalue weighted by molar-refractivity contribution is 0.0211. The van der Waals surface area contributed by atoms with Gasteiger partial charge in [0, 0.05) is 36.1 Å². The van der Waals surface area contributed by atoms with Gasteiger partial charge in [0.2, 0.25) is 0 Å². The molecule has 8 nitrogen and oxygen atoms in total. The van der Waals surface area contributed by atoms with Gasteiger partial charge in [0.15, 0.2) is 0 Å². The number of benzene rings is 2. The Kier molecular flexibility index (Phi) is 8.37. The van der Waals surface area contributed by atoms with Crippen LogP contribution in [0.4, 0.5) is 11.4 Å². The molecular weight excluding hydrogens is 484 g/mol. The molecule has 9 heteroatoms. The number of aromatic nitrogens is 2. The zero-order valence-electron chi connectivity index (χ0n) is 20.9. The average molecular weight is 517 g/mol. The van der Waals surface area contributed by atoms with E-state index in [2.05, 4.69) is 32.3 Å². The second-order valence-corrected chi connectivity index (χ2v) is 10.0. The van der Waals surface area contributed by atoms with E-state index >= 15 is 0 Å². The molecule has 0 spiro atoms. The Labute approximate surface area is 220 Å². The summed E-state index contributed by atoms with van der Waals surface area (Å²) in [6.07, 6.45) is 4.24. The minimum absolute atomic E-state index is 0.165. The van der Waals surface area contributed by atoms with Gasteiger partial charge in [0.1, 0.15) is 15.4 Å². The van der Waals surface area contributed by atoms with Gasteiger partial charge in [-0.05, 0) is 74.9 Å². The third kappa shape index (κ3) is 6.50. The van der Waals surface area contributed by atoms with Gasteiger partial charge in [0.05, 0.1) is 18.4 Å². The first-order chi connectivity index (χ1) is 18.2. The molecule has 1 saturated heterocycles. The molecule has 0 bridgehead atoms. The number of thiazole rings is 1. The van der Waals surface area contributed by atoms with Gasteiger partial charge in [0.25, 0.3) is 5.91 Å². The van der Waals surface area contributed by atoms with E-state index in [-0.39, 0.29) is 5.91 Å². The highest BCUT2D eigenvalue weighted by atomic mass is 32.1. The van der Waals surface area contributed by atoms with Crippen LogP contribution in [0.25, 0.3) is 20.9 Å². The SMILES string of the molecule is CNCCNc1cccc(C(=O)Nc2ccccc2-c2nc3cc(COC4CCNCC4)cnc3s2)c1. The van der Waals surface area contributed by atoms with Crippen molar-refractivity contribution in [3.63, 3.8) is 0 Å². The zero-order valence-corrected chi connectivity index (χ0v) is 21.7. The molecule has 3 heterocycles. The first kappa shape index (κ1) is 25.3. The van der Waals surface area contributed by atoms with Crippen molar-refractivity contribution in [2.75, 3.05) is 43.9 Å². The standard InChI is InChI=1S/C28H32N6O2S/c1-29-13-14-31-21-6-4-5-20(16-21)26(35)33-24-8-3-2-7-23(24)27-34-25-15-19(17-32-28(25)37-27)18-36-22-9-11-30-12-10-22/h2-8,15-17,22,29-31H,9-14,18H2,1H3,(H,33,35). The van der Waals surface area contributed by atoms with E-state index in [0.717, 1.165) is 76.9 Å². The summed E-state index contributed by atoms with van der Waals surface area (Å²) >= 11 is 1.52. The lowest BCUT2D eigenvalue weighted by atomic mass is 10.1. The topological polar surface area (TPSA) is 100 Å². The number of likely N-dealkylation sites (N-methyl/N-ethyl adjacent to an activating group) is 1. The summed E-state index contributed by atoms with van der Waals surface area (Å²) in [5.41, 5.74) is 4.95. The maximum absolute atomic E-state index is 13.1. The number of nitrogens with zero attached hydrogens (tertiary/aromatic N) is 2. The number of pyridine rings is 1. The minimum atomic E-state index is -0.165. The number of anilines is 2. The Bertz CT molecular complexity index is 1350. The van der Waals surface area contributed by atoms with Crippen LogP contribution >= 0.6 is 11.3 Å². The molecule has 4 aromatic rings. The van der Waals surface area contributed by atoms with Gasteiger partial charge in [-0.1, -0.05) is 29.5 Å². The molecule has 1 aliphatic rings. The monoisotopic (exact) mass is 516 g/mol. The van der Waals surface area contributed by atoms with E-state index in [1.54, 1.807) is 0 Å². The number of nitrogens with one attached hydrogen (secondary N) is 4. The summed E-state index contributed by atoms with van der Waals surface area (Å²) in [6, 6.07) is 17.3. The van der Waals surface area contributed by atoms with Crippen LogP contribution in [0.2, 0.25) is 0 Å². The molecule has 2 aromatic heterocycles. The number of piperidine rings is 1. The van der Waals surface area contributed by atoms with Gasteiger partial charge in [-0.15, -0.1) is 0 Å². The maximum Gasteiger partial charge on any atom is 0.255 e. The van der Waals surface area contributed by atoms with Crippen molar-refractivity contribution >= 4 is 39.0 Å². The molecule has 1 fully saturated rings. The average Bonchev–Trinajstić information content (AvgIpc) is 3.36. The van der Waals surface area contributed by atoms with Crippen molar-refractivity contribution in [3.05, 3.63) is 71.9 Å². The highest BCUT2D eigenvalue weighted by molar-refractivity contribution is 7.21. The van der Waals surface area contributed by atoms with E-state index < -0.39 is 0 Å². The van der Waals surface area contributed by atoms with E-state index in [9.17, 15) is 4.79 Å². The second kappa shape index (κ2) is 12.2. The Balaban J connectivity index is 1.31. The highest BCUT2D eigenvalue weighted by Gasteiger charge is 2.16. The molecule has 2 aromatic carbocycles. The highest BCUT2D eigenvalue weighted by Crippen LogP contribution is 2.34. The molecule has 0 radical (unpaired) electrons. The van der Waals surface area contributed by atoms with Gasteiger partial charge in [-0.25, -0.2) is 9.97 Å². The molecule has 1 aliphatic heterocycles. The summed E-state index contributed by atoms with van der Waals surface area (Å²) in [5, 5.41) is 13.7. The lowest BCUT2D eigenvalue weighted by Crippen LogP contribution is -2.32. The van der Waals surface area contributed by atoms with Gasteiger partial charge < -0.3 is 26.0 Å². The smallest absolute Gasteiger partial charge is 0.255 e. The number of hydrogen-bond donors (Lipinski definition) is 4. The summed E-state index contributed by atoms with van der Waals surface area (Å²) in [7, 11) is 1.91. The van der Waals surface area contributed by atoms with Crippen LogP contribution in [-0.4, -0.2) is 55.2 Å². The predicted octanol–water partition coefficient (Wildman–Crippen LogP) is 4.51. The van der Waals surface area contributed by atoms with Crippen molar-refractivity contribution in [2.24, 2.45) is 0 Å². The molecule has 0 unspecified atom stereocenters. The Hall–Kier alpha value is -3.37. The molecule has 1 amide bonds. The van der Waals surface area contributed by atoms with Crippen molar-refractivity contribution in [1.29, 1.82) is 0 Å². The molecule has 37 heavy (non-hydrogen) atoms. The normalized spacial score (nSPS) is 14.1. The Morgan fingerprint density at radius 3 is 2.84 bits per heavy atom.